The highest BCUT2D eigenvalue weighted by Crippen LogP contribution is 2.12. The van der Waals surface area contributed by atoms with Crippen LogP contribution in [0.5, 0.6) is 0 Å². The van der Waals surface area contributed by atoms with Crippen LogP contribution in [0.4, 0.5) is 0 Å². The number of hydrogen-bond acceptors (Lipinski definition) is 2. The van der Waals surface area contributed by atoms with Gasteiger partial charge in [0.2, 0.25) is 0 Å². The average Bonchev–Trinajstić information content (AvgIpc) is 2.15. The van der Waals surface area contributed by atoms with Crippen molar-refractivity contribution in [3.8, 4) is 0 Å². The first-order valence-electron chi connectivity index (χ1n) is 4.50. The normalized spacial score (nSPS) is 12.8. The van der Waals surface area contributed by atoms with Crippen LogP contribution in [0.15, 0.2) is 24.3 Å². The predicted octanol–water partition coefficient (Wildman–Crippen LogP) is 1.93. The topological polar surface area (TPSA) is 29.5 Å². The fourth-order valence-corrected chi connectivity index (χ4v) is 1.18. The third-order valence-electron chi connectivity index (χ3n) is 2.06. The molecule has 0 aromatic heterocycles. The van der Waals surface area contributed by atoms with Crippen LogP contribution in [0.25, 0.3) is 0 Å². The fraction of sp³-hybridized carbons (Fsp3) is 0.455. The molecule has 0 fully saturated rings. The third-order valence-corrected chi connectivity index (χ3v) is 2.06. The van der Waals surface area contributed by atoms with Crippen molar-refractivity contribution in [3.63, 3.8) is 0 Å². The van der Waals surface area contributed by atoms with Gasteiger partial charge in [-0.2, -0.15) is 0 Å². The molecule has 0 bridgehead atoms. The lowest BCUT2D eigenvalue weighted by Gasteiger charge is -2.05. The van der Waals surface area contributed by atoms with Gasteiger partial charge >= 0.3 is 0 Å². The smallest absolute Gasteiger partial charge is 0.0761 e. The van der Waals surface area contributed by atoms with Gasteiger partial charge in [-0.15, -0.1) is 0 Å². The summed E-state index contributed by atoms with van der Waals surface area (Å²) in [5.74, 6) is 0. The van der Waals surface area contributed by atoms with E-state index in [0.29, 0.717) is 0 Å². The minimum absolute atomic E-state index is 0.378. The second-order valence-corrected chi connectivity index (χ2v) is 3.16. The zero-order chi connectivity index (χ0) is 9.68. The summed E-state index contributed by atoms with van der Waals surface area (Å²) in [6.07, 6.45) is 0.549. The molecule has 1 aromatic rings. The highest BCUT2D eigenvalue weighted by molar-refractivity contribution is 5.23. The van der Waals surface area contributed by atoms with Gasteiger partial charge in [0.1, 0.15) is 0 Å². The molecule has 0 amide bonds. The zero-order valence-corrected chi connectivity index (χ0v) is 8.16. The molecular formula is C11H16O2. The lowest BCUT2D eigenvalue weighted by atomic mass is 10.1. The molecule has 1 rings (SSSR count). The molecule has 1 atom stereocenters. The summed E-state index contributed by atoms with van der Waals surface area (Å²) in [6, 6.07) is 7.97. The van der Waals surface area contributed by atoms with Gasteiger partial charge in [0.25, 0.3) is 0 Å². The van der Waals surface area contributed by atoms with E-state index in [1.807, 2.05) is 24.3 Å². The molecule has 13 heavy (non-hydrogen) atoms. The maximum atomic E-state index is 9.27. The SMILES string of the molecule is COCCc1ccc(C(C)O)cc1. The Labute approximate surface area is 79.2 Å². The Kier molecular flexibility index (Phi) is 3.93. The van der Waals surface area contributed by atoms with Gasteiger partial charge in [-0.3, -0.25) is 0 Å². The van der Waals surface area contributed by atoms with Gasteiger partial charge in [0.05, 0.1) is 12.7 Å². The Hall–Kier alpha value is -0.860. The molecule has 0 aliphatic heterocycles. The Morgan fingerprint density at radius 2 is 1.92 bits per heavy atom. The molecule has 0 saturated carbocycles. The number of rotatable bonds is 4. The van der Waals surface area contributed by atoms with Crippen LogP contribution in [0.1, 0.15) is 24.2 Å². The molecule has 0 spiro atoms. The Morgan fingerprint density at radius 3 is 2.38 bits per heavy atom. The highest BCUT2D eigenvalue weighted by Gasteiger charge is 1.99. The van der Waals surface area contributed by atoms with Crippen molar-refractivity contribution < 1.29 is 9.84 Å². The first kappa shape index (κ1) is 10.2. The van der Waals surface area contributed by atoms with Crippen molar-refractivity contribution >= 4 is 0 Å². The Morgan fingerprint density at radius 1 is 1.31 bits per heavy atom. The maximum Gasteiger partial charge on any atom is 0.0761 e. The minimum atomic E-state index is -0.378. The van der Waals surface area contributed by atoms with Crippen molar-refractivity contribution in [2.75, 3.05) is 13.7 Å². The molecule has 2 heteroatoms. The zero-order valence-electron chi connectivity index (χ0n) is 8.16. The molecule has 2 nitrogen and oxygen atoms in total. The standard InChI is InChI=1S/C11H16O2/c1-9(12)11-5-3-10(4-6-11)7-8-13-2/h3-6,9,12H,7-8H2,1-2H3. The van der Waals surface area contributed by atoms with E-state index in [-0.39, 0.29) is 6.10 Å². The molecule has 0 radical (unpaired) electrons. The van der Waals surface area contributed by atoms with Crippen LogP contribution in [0.2, 0.25) is 0 Å². The van der Waals surface area contributed by atoms with Gasteiger partial charge in [-0.1, -0.05) is 24.3 Å². The minimum Gasteiger partial charge on any atom is -0.389 e. The van der Waals surface area contributed by atoms with Crippen LogP contribution in [-0.4, -0.2) is 18.8 Å². The number of aliphatic hydroxyl groups is 1. The van der Waals surface area contributed by atoms with Crippen LogP contribution >= 0.6 is 0 Å². The lowest BCUT2D eigenvalue weighted by molar-refractivity contribution is 0.199. The van der Waals surface area contributed by atoms with E-state index in [1.165, 1.54) is 5.56 Å². The van der Waals surface area contributed by atoms with Crippen LogP contribution < -0.4 is 0 Å². The van der Waals surface area contributed by atoms with Gasteiger partial charge in [0.15, 0.2) is 0 Å². The number of benzene rings is 1. The second-order valence-electron chi connectivity index (χ2n) is 3.16. The molecule has 0 aliphatic carbocycles. The first-order chi connectivity index (χ1) is 6.24. The monoisotopic (exact) mass is 180 g/mol. The summed E-state index contributed by atoms with van der Waals surface area (Å²) in [5.41, 5.74) is 2.20. The van der Waals surface area contributed by atoms with E-state index in [0.717, 1.165) is 18.6 Å². The number of methoxy groups -OCH3 is 1. The fourth-order valence-electron chi connectivity index (χ4n) is 1.18. The number of aliphatic hydroxyl groups excluding tert-OH is 1. The van der Waals surface area contributed by atoms with Crippen molar-refractivity contribution in [1.29, 1.82) is 0 Å². The summed E-state index contributed by atoms with van der Waals surface area (Å²) in [4.78, 5) is 0. The molecule has 72 valence electrons. The third kappa shape index (κ3) is 3.17. The van der Waals surface area contributed by atoms with Crippen molar-refractivity contribution in [2.24, 2.45) is 0 Å². The van der Waals surface area contributed by atoms with E-state index in [2.05, 4.69) is 0 Å². The molecular weight excluding hydrogens is 164 g/mol. The molecule has 1 aromatic carbocycles. The molecule has 0 saturated heterocycles. The molecule has 0 aliphatic rings. The summed E-state index contributed by atoms with van der Waals surface area (Å²) in [6.45, 7) is 2.51. The maximum absolute atomic E-state index is 9.27. The van der Waals surface area contributed by atoms with Crippen LogP contribution in [0.3, 0.4) is 0 Å². The Balaban J connectivity index is 2.59. The van der Waals surface area contributed by atoms with Crippen molar-refractivity contribution in [2.45, 2.75) is 19.4 Å². The lowest BCUT2D eigenvalue weighted by Crippen LogP contribution is -1.95. The highest BCUT2D eigenvalue weighted by atomic mass is 16.5. The molecule has 1 unspecified atom stereocenters. The second kappa shape index (κ2) is 5.00. The summed E-state index contributed by atoms with van der Waals surface area (Å²) < 4.78 is 4.97. The van der Waals surface area contributed by atoms with E-state index < -0.39 is 0 Å². The van der Waals surface area contributed by atoms with E-state index >= 15 is 0 Å². The number of hydrogen-bond donors (Lipinski definition) is 1. The number of ether oxygens (including phenoxy) is 1. The van der Waals surface area contributed by atoms with E-state index in [9.17, 15) is 5.11 Å². The van der Waals surface area contributed by atoms with Gasteiger partial charge in [-0.25, -0.2) is 0 Å². The van der Waals surface area contributed by atoms with Crippen molar-refractivity contribution in [1.82, 2.24) is 0 Å². The summed E-state index contributed by atoms with van der Waals surface area (Å²) in [7, 11) is 1.70. The van der Waals surface area contributed by atoms with E-state index in [1.54, 1.807) is 14.0 Å². The average molecular weight is 180 g/mol. The van der Waals surface area contributed by atoms with Gasteiger partial charge in [0, 0.05) is 7.11 Å². The van der Waals surface area contributed by atoms with Crippen LogP contribution in [-0.2, 0) is 11.2 Å². The van der Waals surface area contributed by atoms with Crippen LogP contribution in [0, 0.1) is 0 Å². The quantitative estimate of drug-likeness (QED) is 0.767. The predicted molar refractivity (Wildman–Crippen MR) is 52.7 cm³/mol. The molecule has 1 N–H and O–H groups in total. The first-order valence-corrected chi connectivity index (χ1v) is 4.50. The molecule has 0 heterocycles. The van der Waals surface area contributed by atoms with Crippen molar-refractivity contribution in [3.05, 3.63) is 35.4 Å². The summed E-state index contributed by atoms with van der Waals surface area (Å²) in [5, 5.41) is 9.27. The van der Waals surface area contributed by atoms with E-state index in [4.69, 9.17) is 4.74 Å². The Bertz CT molecular complexity index is 239. The largest absolute Gasteiger partial charge is 0.389 e. The van der Waals surface area contributed by atoms with Gasteiger partial charge in [-0.05, 0) is 24.5 Å². The summed E-state index contributed by atoms with van der Waals surface area (Å²) >= 11 is 0. The van der Waals surface area contributed by atoms with Gasteiger partial charge < -0.3 is 9.84 Å².